The Morgan fingerprint density at radius 1 is 0.745 bits per heavy atom. The zero-order valence-electron chi connectivity index (χ0n) is 25.3. The van der Waals surface area contributed by atoms with Crippen molar-refractivity contribution in [2.24, 2.45) is 0 Å². The summed E-state index contributed by atoms with van der Waals surface area (Å²) in [7, 11) is 0. The fourth-order valence-electron chi connectivity index (χ4n) is 3.97. The third kappa shape index (κ3) is 9.39. The number of aliphatic carboxylic acids is 1. The maximum Gasteiger partial charge on any atom is 0.460 e. The number of carboxylic acid groups (broad SMARTS) is 1. The number of benzene rings is 2. The Morgan fingerprint density at radius 2 is 1.25 bits per heavy atom. The van der Waals surface area contributed by atoms with Gasteiger partial charge in [-0.3, -0.25) is 0 Å². The molecule has 2 rings (SSSR count). The van der Waals surface area contributed by atoms with E-state index in [-0.39, 0.29) is 18.8 Å². The van der Waals surface area contributed by atoms with Gasteiger partial charge in [0.2, 0.25) is 0 Å². The van der Waals surface area contributed by atoms with Crippen LogP contribution in [0.1, 0.15) is 18.1 Å². The van der Waals surface area contributed by atoms with Crippen LogP contribution in [0.25, 0.3) is 0 Å². The van der Waals surface area contributed by atoms with Gasteiger partial charge >= 0.3 is 54.0 Å². The van der Waals surface area contributed by atoms with Crippen LogP contribution in [0.2, 0.25) is 0 Å². The van der Waals surface area contributed by atoms with Crippen molar-refractivity contribution in [3.8, 4) is 5.75 Å². The number of anilines is 1. The zero-order valence-corrected chi connectivity index (χ0v) is 25.3. The molecule has 2 N–H and O–H groups in total. The lowest BCUT2D eigenvalue weighted by atomic mass is 9.93. The third-order valence-electron chi connectivity index (χ3n) is 6.76. The molecule has 0 bridgehead atoms. The summed E-state index contributed by atoms with van der Waals surface area (Å²) in [5.41, 5.74) is -1.63. The van der Waals surface area contributed by atoms with E-state index >= 15 is 0 Å². The van der Waals surface area contributed by atoms with E-state index in [0.717, 1.165) is 12.1 Å². The van der Waals surface area contributed by atoms with Gasteiger partial charge in [0.15, 0.2) is 6.10 Å². The number of amides is 2. The topological polar surface area (TPSA) is 88.1 Å². The van der Waals surface area contributed by atoms with Crippen molar-refractivity contribution in [3.63, 3.8) is 0 Å². The van der Waals surface area contributed by atoms with E-state index in [1.807, 2.05) is 0 Å². The molecule has 51 heavy (non-hydrogen) atoms. The van der Waals surface area contributed by atoms with Gasteiger partial charge in [-0.25, -0.2) is 9.59 Å². The van der Waals surface area contributed by atoms with Crippen molar-refractivity contribution in [2.45, 2.75) is 61.4 Å². The first-order valence-corrected chi connectivity index (χ1v) is 13.8. The molecule has 0 heterocycles. The van der Waals surface area contributed by atoms with Crippen LogP contribution in [-0.4, -0.2) is 90.2 Å². The van der Waals surface area contributed by atoms with E-state index in [1.165, 1.54) is 19.1 Å². The number of carboxylic acids is 1. The highest BCUT2D eigenvalue weighted by Gasteiger charge is 2.90. The molecular formula is C28H24F16N2O5. The van der Waals surface area contributed by atoms with E-state index in [2.05, 4.69) is 0 Å². The molecule has 0 saturated heterocycles. The Bertz CT molecular complexity index is 1480. The van der Waals surface area contributed by atoms with E-state index < -0.39 is 95.9 Å². The number of carbonyl (C=O) groups is 2. The summed E-state index contributed by atoms with van der Waals surface area (Å²) in [4.78, 5) is 23.4. The number of halogens is 16. The molecule has 2 amide bonds. The fourth-order valence-corrected chi connectivity index (χ4v) is 3.97. The second-order valence-electron chi connectivity index (χ2n) is 10.4. The summed E-state index contributed by atoms with van der Waals surface area (Å²) >= 11 is 0. The molecule has 2 aromatic rings. The van der Waals surface area contributed by atoms with Gasteiger partial charge in [-0.05, 0) is 48.9 Å². The van der Waals surface area contributed by atoms with Gasteiger partial charge < -0.3 is 24.8 Å². The Balaban J connectivity index is 2.38. The van der Waals surface area contributed by atoms with E-state index in [9.17, 15) is 79.8 Å². The molecule has 0 aliphatic carbocycles. The summed E-state index contributed by atoms with van der Waals surface area (Å²) in [6.45, 7) is -3.93. The number of nitrogens with zero attached hydrogens (tertiary/aromatic N) is 1. The zero-order chi connectivity index (χ0) is 39.4. The summed E-state index contributed by atoms with van der Waals surface area (Å²) < 4.78 is 226. The lowest BCUT2D eigenvalue weighted by Crippen LogP contribution is -2.71. The first-order chi connectivity index (χ1) is 23.0. The van der Waals surface area contributed by atoms with Crippen LogP contribution in [0.4, 0.5) is 80.7 Å². The lowest BCUT2D eigenvalue weighted by Gasteiger charge is -2.40. The van der Waals surface area contributed by atoms with Gasteiger partial charge in [-0.1, -0.05) is 12.1 Å². The number of urea groups is 1. The average Bonchev–Trinajstić information content (AvgIpc) is 2.99. The van der Waals surface area contributed by atoms with E-state index in [4.69, 9.17) is 14.6 Å². The number of hydrogen-bond acceptors (Lipinski definition) is 4. The number of ether oxygens (including phenoxy) is 2. The molecule has 0 aromatic heterocycles. The van der Waals surface area contributed by atoms with Crippen LogP contribution < -0.4 is 10.1 Å². The van der Waals surface area contributed by atoms with Crippen LogP contribution in [0, 0.1) is 0 Å². The quantitative estimate of drug-likeness (QED) is 0.168. The summed E-state index contributed by atoms with van der Waals surface area (Å²) in [6, 6.07) is 4.50. The van der Waals surface area contributed by atoms with Crippen molar-refractivity contribution in [1.82, 2.24) is 4.90 Å². The van der Waals surface area contributed by atoms with Gasteiger partial charge in [0.05, 0.1) is 18.7 Å². The fraction of sp³-hybridized carbons (Fsp3) is 0.500. The molecule has 2 aromatic carbocycles. The minimum absolute atomic E-state index is 0.0339. The van der Waals surface area contributed by atoms with Crippen LogP contribution in [-0.2, 0) is 22.1 Å². The molecule has 0 aliphatic heterocycles. The minimum Gasteiger partial charge on any atom is -0.492 e. The lowest BCUT2D eigenvalue weighted by molar-refractivity contribution is -0.439. The number of nitrogens with one attached hydrogen (secondary N) is 1. The minimum atomic E-state index is -8.18. The van der Waals surface area contributed by atoms with Crippen LogP contribution in [0.5, 0.6) is 5.75 Å². The van der Waals surface area contributed by atoms with E-state index in [1.54, 1.807) is 5.32 Å². The average molecular weight is 772 g/mol. The second kappa shape index (κ2) is 15.2. The molecule has 1 atom stereocenters. The van der Waals surface area contributed by atoms with Crippen molar-refractivity contribution >= 4 is 17.7 Å². The van der Waals surface area contributed by atoms with Gasteiger partial charge in [0.1, 0.15) is 12.4 Å². The maximum absolute atomic E-state index is 14.7. The van der Waals surface area contributed by atoms with Crippen molar-refractivity contribution < 1.29 is 94.4 Å². The Morgan fingerprint density at radius 3 is 1.71 bits per heavy atom. The Hall–Kier alpha value is -4.18. The van der Waals surface area contributed by atoms with Gasteiger partial charge in [0.25, 0.3) is 0 Å². The third-order valence-corrected chi connectivity index (χ3v) is 6.76. The van der Waals surface area contributed by atoms with Crippen molar-refractivity contribution in [3.05, 3.63) is 59.7 Å². The number of hydrogen-bond donors (Lipinski definition) is 2. The predicted octanol–water partition coefficient (Wildman–Crippen LogP) is 8.39. The molecule has 0 radical (unpaired) electrons. The van der Waals surface area contributed by atoms with Crippen molar-refractivity contribution in [1.29, 1.82) is 0 Å². The first kappa shape index (κ1) is 43.0. The molecule has 0 fully saturated rings. The van der Waals surface area contributed by atoms with Crippen LogP contribution in [0.15, 0.2) is 48.5 Å². The number of carbonyl (C=O) groups excluding carboxylic acids is 1. The predicted molar refractivity (Wildman–Crippen MR) is 142 cm³/mol. The van der Waals surface area contributed by atoms with E-state index in [0.29, 0.717) is 29.8 Å². The van der Waals surface area contributed by atoms with Crippen LogP contribution >= 0.6 is 0 Å². The summed E-state index contributed by atoms with van der Waals surface area (Å²) in [5, 5.41) is 10.8. The molecular weight excluding hydrogens is 748 g/mol. The highest BCUT2D eigenvalue weighted by atomic mass is 19.4. The SMILES string of the molecule is CCOC(Cc1ccc(OCCN(CC(F)(F)C(F)(F)C(F)(F)C(F)(F)C(F)(F)C(F)(F)F)C(=O)Nc2ccc(C(F)(F)F)cc2)cc1)C(=O)O. The first-order valence-electron chi connectivity index (χ1n) is 13.8. The molecule has 0 spiro atoms. The molecule has 0 aliphatic rings. The monoisotopic (exact) mass is 772 g/mol. The Labute approximate surface area is 276 Å². The summed E-state index contributed by atoms with van der Waals surface area (Å²) in [6.07, 6.45) is -14.0. The largest absolute Gasteiger partial charge is 0.492 e. The normalized spacial score (nSPS) is 14.2. The maximum atomic E-state index is 14.7. The number of rotatable bonds is 16. The molecule has 0 saturated carbocycles. The highest BCUT2D eigenvalue weighted by Crippen LogP contribution is 2.60. The number of alkyl halides is 16. The molecule has 7 nitrogen and oxygen atoms in total. The molecule has 23 heteroatoms. The molecule has 288 valence electrons. The highest BCUT2D eigenvalue weighted by molar-refractivity contribution is 5.89. The van der Waals surface area contributed by atoms with Crippen LogP contribution in [0.3, 0.4) is 0 Å². The summed E-state index contributed by atoms with van der Waals surface area (Å²) in [5.74, 6) is -40.2. The smallest absolute Gasteiger partial charge is 0.460 e. The standard InChI is InChI=1S/C28H24F16N2O5/c1-2-50-19(20(47)48)13-15-3-9-18(10-4-15)51-12-11-46(21(49)45-17-7-5-16(6-8-17)23(31,32)33)14-22(29,30)24(34,35)25(36,37)26(38,39)27(40,41)28(42,43)44/h3-10,19H,2,11-14H2,1H3,(H,45,49)(H,47,48). The van der Waals surface area contributed by atoms with Gasteiger partial charge in [0, 0.05) is 18.7 Å². The van der Waals surface area contributed by atoms with Crippen molar-refractivity contribution in [2.75, 3.05) is 31.6 Å². The molecule has 1 unspecified atom stereocenters. The van der Waals surface area contributed by atoms with Gasteiger partial charge in [-0.2, -0.15) is 70.2 Å². The Kier molecular flexibility index (Phi) is 12.8. The second-order valence-corrected chi connectivity index (χ2v) is 10.4. The van der Waals surface area contributed by atoms with Gasteiger partial charge in [-0.15, -0.1) is 0 Å².